The van der Waals surface area contributed by atoms with E-state index in [1.54, 1.807) is 4.68 Å². The van der Waals surface area contributed by atoms with Gasteiger partial charge in [-0.2, -0.15) is 5.10 Å². The first kappa shape index (κ1) is 12.0. The highest BCUT2D eigenvalue weighted by Crippen LogP contribution is 2.25. The molecule has 3 N–H and O–H groups in total. The van der Waals surface area contributed by atoms with Crippen LogP contribution in [0.2, 0.25) is 0 Å². The molecule has 2 rings (SSSR count). The Morgan fingerprint density at radius 1 is 1.53 bits per heavy atom. The Balaban J connectivity index is 1.86. The summed E-state index contributed by atoms with van der Waals surface area (Å²) >= 11 is 0. The molecule has 0 spiro atoms. The number of rotatable bonds is 4. The van der Waals surface area contributed by atoms with Crippen LogP contribution in [0.25, 0.3) is 0 Å². The Kier molecular flexibility index (Phi) is 3.36. The zero-order chi connectivity index (χ0) is 12.4. The summed E-state index contributed by atoms with van der Waals surface area (Å²) in [6.45, 7) is 4.80. The van der Waals surface area contributed by atoms with E-state index in [0.29, 0.717) is 11.6 Å². The van der Waals surface area contributed by atoms with Gasteiger partial charge in [0.05, 0.1) is 17.1 Å². The van der Waals surface area contributed by atoms with Crippen LogP contribution < -0.4 is 11.1 Å². The maximum Gasteiger partial charge on any atom is 0.241 e. The molecule has 94 valence electrons. The molecular formula is C12H20N4O. The van der Waals surface area contributed by atoms with Crippen LogP contribution >= 0.6 is 0 Å². The molecule has 1 aromatic rings. The van der Waals surface area contributed by atoms with Crippen molar-refractivity contribution in [1.29, 1.82) is 0 Å². The van der Waals surface area contributed by atoms with Gasteiger partial charge in [0.1, 0.15) is 6.54 Å². The topological polar surface area (TPSA) is 72.9 Å². The van der Waals surface area contributed by atoms with Gasteiger partial charge in [-0.1, -0.05) is 6.42 Å². The normalized spacial score (nSPS) is 15.6. The fourth-order valence-electron chi connectivity index (χ4n) is 2.01. The van der Waals surface area contributed by atoms with Gasteiger partial charge in [0.15, 0.2) is 0 Å². The summed E-state index contributed by atoms with van der Waals surface area (Å²) < 4.78 is 1.67. The second-order valence-electron chi connectivity index (χ2n) is 4.84. The smallest absolute Gasteiger partial charge is 0.241 e. The molecule has 17 heavy (non-hydrogen) atoms. The van der Waals surface area contributed by atoms with Crippen molar-refractivity contribution in [2.24, 2.45) is 5.92 Å². The average Bonchev–Trinajstić information content (AvgIpc) is 2.44. The molecule has 5 heteroatoms. The Morgan fingerprint density at radius 2 is 2.24 bits per heavy atom. The molecule has 1 saturated carbocycles. The number of aryl methyl sites for hydroxylation is 1. The Bertz CT molecular complexity index is 420. The largest absolute Gasteiger partial charge is 0.396 e. The van der Waals surface area contributed by atoms with Crippen molar-refractivity contribution in [2.75, 3.05) is 12.3 Å². The predicted molar refractivity (Wildman–Crippen MR) is 66.5 cm³/mol. The van der Waals surface area contributed by atoms with Gasteiger partial charge in [-0.15, -0.1) is 0 Å². The molecule has 0 saturated heterocycles. The molecular weight excluding hydrogens is 216 g/mol. The standard InChI is InChI=1S/C12H20N4O/c1-8-12(13)9(2)16(15-8)7-11(17)14-6-10-4-3-5-10/h10H,3-7,13H2,1-2H3,(H,14,17). The summed E-state index contributed by atoms with van der Waals surface area (Å²) in [5.74, 6) is 0.701. The van der Waals surface area contributed by atoms with Crippen LogP contribution in [0.4, 0.5) is 5.69 Å². The Morgan fingerprint density at radius 3 is 2.71 bits per heavy atom. The molecule has 5 nitrogen and oxygen atoms in total. The van der Waals surface area contributed by atoms with E-state index < -0.39 is 0 Å². The highest BCUT2D eigenvalue weighted by atomic mass is 16.2. The van der Waals surface area contributed by atoms with Gasteiger partial charge < -0.3 is 11.1 Å². The minimum atomic E-state index is 0.0162. The van der Waals surface area contributed by atoms with Crippen molar-refractivity contribution in [1.82, 2.24) is 15.1 Å². The van der Waals surface area contributed by atoms with Crippen LogP contribution in [0.15, 0.2) is 0 Å². The summed E-state index contributed by atoms with van der Waals surface area (Å²) in [6.07, 6.45) is 3.79. The first-order chi connectivity index (χ1) is 8.08. The summed E-state index contributed by atoms with van der Waals surface area (Å²) in [4.78, 5) is 11.7. The number of aromatic nitrogens is 2. The molecule has 1 heterocycles. The maximum atomic E-state index is 11.7. The van der Waals surface area contributed by atoms with E-state index in [0.717, 1.165) is 17.9 Å². The molecule has 0 atom stereocenters. The van der Waals surface area contributed by atoms with Crippen molar-refractivity contribution in [3.63, 3.8) is 0 Å². The number of nitrogens with zero attached hydrogens (tertiary/aromatic N) is 2. The van der Waals surface area contributed by atoms with Crippen molar-refractivity contribution < 1.29 is 4.79 Å². The molecule has 0 aromatic carbocycles. The highest BCUT2D eigenvalue weighted by molar-refractivity contribution is 5.75. The number of anilines is 1. The van der Waals surface area contributed by atoms with Gasteiger partial charge in [-0.25, -0.2) is 0 Å². The summed E-state index contributed by atoms with van der Waals surface area (Å²) in [6, 6.07) is 0. The van der Waals surface area contributed by atoms with Crippen LogP contribution in [0.5, 0.6) is 0 Å². The van der Waals surface area contributed by atoms with Gasteiger partial charge in [-0.05, 0) is 32.6 Å². The second kappa shape index (κ2) is 4.77. The first-order valence-corrected chi connectivity index (χ1v) is 6.14. The van der Waals surface area contributed by atoms with E-state index in [1.165, 1.54) is 19.3 Å². The molecule has 1 amide bonds. The highest BCUT2D eigenvalue weighted by Gasteiger charge is 2.18. The third kappa shape index (κ3) is 2.60. The first-order valence-electron chi connectivity index (χ1n) is 6.14. The molecule has 0 bridgehead atoms. The summed E-state index contributed by atoms with van der Waals surface area (Å²) in [7, 11) is 0. The quantitative estimate of drug-likeness (QED) is 0.819. The van der Waals surface area contributed by atoms with Gasteiger partial charge in [0, 0.05) is 6.54 Å². The van der Waals surface area contributed by atoms with E-state index >= 15 is 0 Å². The molecule has 1 aromatic heterocycles. The van der Waals surface area contributed by atoms with Gasteiger partial charge in [0.25, 0.3) is 0 Å². The summed E-state index contributed by atoms with van der Waals surface area (Å²) in [5.41, 5.74) is 8.14. The van der Waals surface area contributed by atoms with E-state index in [2.05, 4.69) is 10.4 Å². The third-order valence-corrected chi connectivity index (χ3v) is 3.54. The molecule has 0 unspecified atom stereocenters. The van der Waals surface area contributed by atoms with E-state index in [1.807, 2.05) is 13.8 Å². The molecule has 0 aliphatic heterocycles. The van der Waals surface area contributed by atoms with Gasteiger partial charge in [-0.3, -0.25) is 9.48 Å². The average molecular weight is 236 g/mol. The van der Waals surface area contributed by atoms with Crippen LogP contribution in [0.1, 0.15) is 30.7 Å². The van der Waals surface area contributed by atoms with Crippen LogP contribution in [0, 0.1) is 19.8 Å². The minimum absolute atomic E-state index is 0.0162. The fourth-order valence-corrected chi connectivity index (χ4v) is 2.01. The van der Waals surface area contributed by atoms with Crippen LogP contribution in [0.3, 0.4) is 0 Å². The number of amides is 1. The predicted octanol–water partition coefficient (Wildman–Crippen LogP) is 0.998. The van der Waals surface area contributed by atoms with E-state index in [9.17, 15) is 4.79 Å². The number of carbonyl (C=O) groups excluding carboxylic acids is 1. The lowest BCUT2D eigenvalue weighted by molar-refractivity contribution is -0.122. The van der Waals surface area contributed by atoms with Crippen molar-refractivity contribution in [3.05, 3.63) is 11.4 Å². The summed E-state index contributed by atoms with van der Waals surface area (Å²) in [5, 5.41) is 7.19. The lowest BCUT2D eigenvalue weighted by Gasteiger charge is -2.25. The van der Waals surface area contributed by atoms with Crippen molar-refractivity contribution in [2.45, 2.75) is 39.7 Å². The monoisotopic (exact) mass is 236 g/mol. The second-order valence-corrected chi connectivity index (χ2v) is 4.84. The van der Waals surface area contributed by atoms with Gasteiger partial charge in [0.2, 0.25) is 5.91 Å². The Labute approximate surface area is 101 Å². The lowest BCUT2D eigenvalue weighted by atomic mass is 9.85. The minimum Gasteiger partial charge on any atom is -0.396 e. The van der Waals surface area contributed by atoms with Crippen molar-refractivity contribution in [3.8, 4) is 0 Å². The Hall–Kier alpha value is -1.52. The number of nitrogen functional groups attached to an aromatic ring is 1. The molecule has 0 radical (unpaired) electrons. The van der Waals surface area contributed by atoms with Crippen LogP contribution in [-0.4, -0.2) is 22.2 Å². The maximum absolute atomic E-state index is 11.7. The molecule has 1 fully saturated rings. The number of hydrogen-bond acceptors (Lipinski definition) is 3. The zero-order valence-electron chi connectivity index (χ0n) is 10.5. The number of carbonyl (C=O) groups is 1. The molecule has 1 aliphatic carbocycles. The zero-order valence-corrected chi connectivity index (χ0v) is 10.5. The van der Waals surface area contributed by atoms with Gasteiger partial charge >= 0.3 is 0 Å². The molecule has 1 aliphatic rings. The lowest BCUT2D eigenvalue weighted by Crippen LogP contribution is -2.34. The van der Waals surface area contributed by atoms with Crippen molar-refractivity contribution >= 4 is 11.6 Å². The third-order valence-electron chi connectivity index (χ3n) is 3.54. The van der Waals surface area contributed by atoms with Crippen LogP contribution in [-0.2, 0) is 11.3 Å². The number of nitrogens with two attached hydrogens (primary N) is 1. The van der Waals surface area contributed by atoms with E-state index in [-0.39, 0.29) is 12.5 Å². The SMILES string of the molecule is Cc1nn(CC(=O)NCC2CCC2)c(C)c1N. The fraction of sp³-hybridized carbons (Fsp3) is 0.667. The number of nitrogens with one attached hydrogen (secondary N) is 1. The number of hydrogen-bond donors (Lipinski definition) is 2. The van der Waals surface area contributed by atoms with E-state index in [4.69, 9.17) is 5.73 Å².